The summed E-state index contributed by atoms with van der Waals surface area (Å²) >= 11 is 0. The zero-order valence-corrected chi connectivity index (χ0v) is 11.9. The molecule has 18 heavy (non-hydrogen) atoms. The summed E-state index contributed by atoms with van der Waals surface area (Å²) in [6.45, 7) is 6.38. The predicted molar refractivity (Wildman–Crippen MR) is 74.2 cm³/mol. The van der Waals surface area contributed by atoms with Crippen LogP contribution in [-0.2, 0) is 6.54 Å². The minimum atomic E-state index is 0.114. The topological polar surface area (TPSA) is 42.4 Å². The van der Waals surface area contributed by atoms with E-state index in [-0.39, 0.29) is 11.0 Å². The van der Waals surface area contributed by atoms with Crippen LogP contribution in [0.15, 0.2) is 23.0 Å². The van der Waals surface area contributed by atoms with Crippen molar-refractivity contribution in [3.8, 4) is 0 Å². The molecule has 2 rings (SSSR count). The number of hydrogen-bond donors (Lipinski definition) is 1. The zero-order chi connectivity index (χ0) is 13.2. The van der Waals surface area contributed by atoms with Crippen molar-refractivity contribution in [1.82, 2.24) is 4.90 Å². The fourth-order valence-corrected chi connectivity index (χ4v) is 3.60. The molecule has 0 radical (unpaired) electrons. The maximum atomic E-state index is 6.18. The monoisotopic (exact) mass is 250 g/mol. The van der Waals surface area contributed by atoms with Crippen LogP contribution in [0.2, 0.25) is 0 Å². The largest absolute Gasteiger partial charge is 0.472 e. The SMILES string of the molecule is CN(Cc1ccoc1)C1(CN)CCCCC1(C)C. The highest BCUT2D eigenvalue weighted by molar-refractivity contribution is 5.10. The van der Waals surface area contributed by atoms with Crippen LogP contribution in [0.1, 0.15) is 45.1 Å². The lowest BCUT2D eigenvalue weighted by atomic mass is 9.62. The molecule has 1 saturated carbocycles. The Morgan fingerprint density at radius 2 is 2.06 bits per heavy atom. The minimum absolute atomic E-state index is 0.114. The predicted octanol–water partition coefficient (Wildman–Crippen LogP) is 3.01. The molecule has 1 aliphatic carbocycles. The molecule has 0 bridgehead atoms. The smallest absolute Gasteiger partial charge is 0.0947 e. The lowest BCUT2D eigenvalue weighted by Crippen LogP contribution is -2.62. The molecule has 1 heterocycles. The third-order valence-electron chi connectivity index (χ3n) is 4.97. The van der Waals surface area contributed by atoms with Crippen LogP contribution in [0.5, 0.6) is 0 Å². The molecule has 102 valence electrons. The number of nitrogens with two attached hydrogens (primary N) is 1. The summed E-state index contributed by atoms with van der Waals surface area (Å²) in [7, 11) is 2.20. The van der Waals surface area contributed by atoms with Crippen LogP contribution >= 0.6 is 0 Å². The van der Waals surface area contributed by atoms with Crippen LogP contribution < -0.4 is 5.73 Å². The summed E-state index contributed by atoms with van der Waals surface area (Å²) < 4.78 is 5.16. The van der Waals surface area contributed by atoms with Gasteiger partial charge in [0, 0.05) is 24.2 Å². The van der Waals surface area contributed by atoms with Gasteiger partial charge in [0.15, 0.2) is 0 Å². The summed E-state index contributed by atoms with van der Waals surface area (Å²) in [6.07, 6.45) is 8.65. The molecule has 1 aromatic rings. The van der Waals surface area contributed by atoms with Gasteiger partial charge in [-0.3, -0.25) is 4.90 Å². The van der Waals surface area contributed by atoms with Crippen molar-refractivity contribution in [1.29, 1.82) is 0 Å². The normalized spacial score (nSPS) is 27.6. The highest BCUT2D eigenvalue weighted by Crippen LogP contribution is 2.46. The van der Waals surface area contributed by atoms with E-state index in [4.69, 9.17) is 10.2 Å². The van der Waals surface area contributed by atoms with E-state index in [1.165, 1.54) is 31.2 Å². The van der Waals surface area contributed by atoms with Gasteiger partial charge < -0.3 is 10.2 Å². The van der Waals surface area contributed by atoms with E-state index in [2.05, 4.69) is 25.8 Å². The molecule has 0 saturated heterocycles. The molecule has 0 amide bonds. The third-order valence-corrected chi connectivity index (χ3v) is 4.97. The van der Waals surface area contributed by atoms with Crippen molar-refractivity contribution in [2.75, 3.05) is 13.6 Å². The lowest BCUT2D eigenvalue weighted by Gasteiger charge is -2.55. The van der Waals surface area contributed by atoms with Gasteiger partial charge in [0.2, 0.25) is 0 Å². The van der Waals surface area contributed by atoms with Crippen molar-refractivity contribution in [3.63, 3.8) is 0 Å². The first-order valence-corrected chi connectivity index (χ1v) is 6.94. The molecule has 1 fully saturated rings. The van der Waals surface area contributed by atoms with E-state index in [0.717, 1.165) is 13.1 Å². The highest BCUT2D eigenvalue weighted by Gasteiger charge is 2.48. The Morgan fingerprint density at radius 3 is 2.61 bits per heavy atom. The average molecular weight is 250 g/mol. The average Bonchev–Trinajstić information content (AvgIpc) is 2.81. The maximum absolute atomic E-state index is 6.18. The molecular weight excluding hydrogens is 224 g/mol. The van der Waals surface area contributed by atoms with E-state index in [9.17, 15) is 0 Å². The van der Waals surface area contributed by atoms with Gasteiger partial charge in [-0.05, 0) is 31.4 Å². The van der Waals surface area contributed by atoms with E-state index >= 15 is 0 Å². The quantitative estimate of drug-likeness (QED) is 0.893. The van der Waals surface area contributed by atoms with E-state index in [1.54, 1.807) is 6.26 Å². The zero-order valence-electron chi connectivity index (χ0n) is 11.9. The number of furan rings is 1. The molecule has 0 spiro atoms. The molecule has 3 nitrogen and oxygen atoms in total. The molecule has 0 aliphatic heterocycles. The maximum Gasteiger partial charge on any atom is 0.0947 e. The summed E-state index contributed by atoms with van der Waals surface area (Å²) in [5, 5.41) is 0. The summed E-state index contributed by atoms with van der Waals surface area (Å²) in [4.78, 5) is 2.44. The van der Waals surface area contributed by atoms with Gasteiger partial charge in [-0.2, -0.15) is 0 Å². The first-order valence-electron chi connectivity index (χ1n) is 6.94. The Morgan fingerprint density at radius 1 is 1.33 bits per heavy atom. The molecule has 1 aliphatic rings. The summed E-state index contributed by atoms with van der Waals surface area (Å²) in [5.41, 5.74) is 7.80. The van der Waals surface area contributed by atoms with E-state index in [0.29, 0.717) is 0 Å². The minimum Gasteiger partial charge on any atom is -0.472 e. The molecule has 3 heteroatoms. The summed E-state index contributed by atoms with van der Waals surface area (Å²) in [6, 6.07) is 2.04. The van der Waals surface area contributed by atoms with Crippen LogP contribution in [0.3, 0.4) is 0 Å². The number of likely N-dealkylation sites (N-methyl/N-ethyl adjacent to an activating group) is 1. The van der Waals surface area contributed by atoms with Gasteiger partial charge >= 0.3 is 0 Å². The van der Waals surface area contributed by atoms with Crippen molar-refractivity contribution >= 4 is 0 Å². The van der Waals surface area contributed by atoms with Crippen LogP contribution in [0, 0.1) is 5.41 Å². The Labute approximate surface area is 110 Å². The Balaban J connectivity index is 2.20. The van der Waals surface area contributed by atoms with Crippen molar-refractivity contribution < 1.29 is 4.42 Å². The van der Waals surface area contributed by atoms with Crippen molar-refractivity contribution in [2.45, 2.75) is 51.6 Å². The van der Waals surface area contributed by atoms with Gasteiger partial charge in [-0.1, -0.05) is 26.7 Å². The first-order chi connectivity index (χ1) is 8.52. The van der Waals surface area contributed by atoms with E-state index in [1.807, 2.05) is 12.3 Å². The third kappa shape index (κ3) is 2.21. The van der Waals surface area contributed by atoms with Gasteiger partial charge in [0.05, 0.1) is 12.5 Å². The Hall–Kier alpha value is -0.800. The molecule has 1 unspecified atom stereocenters. The number of hydrogen-bond acceptors (Lipinski definition) is 3. The van der Waals surface area contributed by atoms with Gasteiger partial charge in [0.25, 0.3) is 0 Å². The standard InChI is InChI=1S/C15H26N2O/c1-14(2)7-4-5-8-15(14,12-16)17(3)10-13-6-9-18-11-13/h6,9,11H,4-5,7-8,10,12,16H2,1-3H3. The number of rotatable bonds is 4. The lowest BCUT2D eigenvalue weighted by molar-refractivity contribution is -0.0335. The molecular formula is C15H26N2O. The second-order valence-electron chi connectivity index (χ2n) is 6.31. The molecule has 2 N–H and O–H groups in total. The van der Waals surface area contributed by atoms with Gasteiger partial charge in [-0.25, -0.2) is 0 Å². The van der Waals surface area contributed by atoms with Crippen LogP contribution in [0.25, 0.3) is 0 Å². The highest BCUT2D eigenvalue weighted by atomic mass is 16.3. The van der Waals surface area contributed by atoms with Crippen molar-refractivity contribution in [3.05, 3.63) is 24.2 Å². The molecule has 1 aromatic heterocycles. The van der Waals surface area contributed by atoms with Crippen molar-refractivity contribution in [2.24, 2.45) is 11.1 Å². The van der Waals surface area contributed by atoms with E-state index < -0.39 is 0 Å². The molecule has 1 atom stereocenters. The fraction of sp³-hybridized carbons (Fsp3) is 0.733. The Kier molecular flexibility index (Phi) is 3.83. The number of nitrogens with zero attached hydrogens (tertiary/aromatic N) is 1. The second kappa shape index (κ2) is 5.06. The Bertz CT molecular complexity index is 372. The van der Waals surface area contributed by atoms with Gasteiger partial charge in [0.1, 0.15) is 0 Å². The first kappa shape index (κ1) is 13.6. The van der Waals surface area contributed by atoms with Crippen LogP contribution in [-0.4, -0.2) is 24.0 Å². The van der Waals surface area contributed by atoms with Gasteiger partial charge in [-0.15, -0.1) is 0 Å². The molecule has 0 aromatic carbocycles. The summed E-state index contributed by atoms with van der Waals surface area (Å²) in [5.74, 6) is 0. The fourth-order valence-electron chi connectivity index (χ4n) is 3.60. The second-order valence-corrected chi connectivity index (χ2v) is 6.31. The van der Waals surface area contributed by atoms with Crippen LogP contribution in [0.4, 0.5) is 0 Å².